The number of aromatic nitrogens is 2. The van der Waals surface area contributed by atoms with E-state index >= 15 is 0 Å². The molecule has 2 aromatic rings. The van der Waals surface area contributed by atoms with Gasteiger partial charge in [-0.15, -0.1) is 0 Å². The zero-order valence-electron chi connectivity index (χ0n) is 15.9. The second-order valence-corrected chi connectivity index (χ2v) is 6.29. The molecule has 0 unspecified atom stereocenters. The first-order chi connectivity index (χ1) is 13.4. The lowest BCUT2D eigenvalue weighted by Crippen LogP contribution is -2.44. The summed E-state index contributed by atoms with van der Waals surface area (Å²) in [6.07, 6.45) is 5.54. The molecule has 1 N–H and O–H groups in total. The van der Waals surface area contributed by atoms with Crippen LogP contribution in [0.2, 0.25) is 0 Å². The van der Waals surface area contributed by atoms with Crippen molar-refractivity contribution in [2.75, 3.05) is 50.9 Å². The highest BCUT2D eigenvalue weighted by Crippen LogP contribution is 2.23. The van der Waals surface area contributed by atoms with Crippen LogP contribution in [0.3, 0.4) is 0 Å². The summed E-state index contributed by atoms with van der Waals surface area (Å²) in [5.74, 6) is 3.02. The molecular formula is C20H28N4O3. The fourth-order valence-electron chi connectivity index (χ4n) is 2.78. The highest BCUT2D eigenvalue weighted by atomic mass is 16.5. The number of hydrogen-bond donors (Lipinski definition) is 1. The minimum absolute atomic E-state index is 0.409. The van der Waals surface area contributed by atoms with Gasteiger partial charge in [-0.2, -0.15) is 0 Å². The van der Waals surface area contributed by atoms with Gasteiger partial charge in [-0.25, -0.2) is 9.97 Å². The summed E-state index contributed by atoms with van der Waals surface area (Å²) in [5.41, 5.74) is 0. The minimum Gasteiger partial charge on any atom is -0.494 e. The normalized spacial score (nSPS) is 14.0. The second-order valence-electron chi connectivity index (χ2n) is 6.29. The van der Waals surface area contributed by atoms with Crippen LogP contribution in [-0.2, 0) is 0 Å². The zero-order valence-corrected chi connectivity index (χ0v) is 15.9. The van der Waals surface area contributed by atoms with Crippen LogP contribution in [0, 0.1) is 0 Å². The Bertz CT molecular complexity index is 675. The van der Waals surface area contributed by atoms with Gasteiger partial charge >= 0.3 is 0 Å². The molecule has 1 fully saturated rings. The van der Waals surface area contributed by atoms with Crippen LogP contribution in [0.15, 0.2) is 36.7 Å². The van der Waals surface area contributed by atoms with E-state index < -0.39 is 0 Å². The van der Waals surface area contributed by atoms with Gasteiger partial charge in [0, 0.05) is 38.6 Å². The average Bonchev–Trinajstić information content (AvgIpc) is 2.73. The van der Waals surface area contributed by atoms with Crippen molar-refractivity contribution in [3.8, 4) is 17.4 Å². The Hall–Kier alpha value is -2.54. The van der Waals surface area contributed by atoms with E-state index in [4.69, 9.17) is 14.2 Å². The van der Waals surface area contributed by atoms with E-state index in [2.05, 4.69) is 27.1 Å². The maximum Gasteiger partial charge on any atom is 0.257 e. The second kappa shape index (κ2) is 10.6. The number of benzene rings is 1. The number of piperazine rings is 1. The number of anilines is 1. The van der Waals surface area contributed by atoms with E-state index in [-0.39, 0.29) is 0 Å². The fourth-order valence-corrected chi connectivity index (χ4v) is 2.78. The minimum atomic E-state index is 0.409. The molecule has 0 saturated carbocycles. The maximum absolute atomic E-state index is 5.82. The fraction of sp³-hybridized carbons (Fsp3) is 0.500. The third-order valence-electron chi connectivity index (χ3n) is 4.24. The van der Waals surface area contributed by atoms with E-state index in [0.717, 1.165) is 62.9 Å². The molecule has 7 nitrogen and oxygen atoms in total. The smallest absolute Gasteiger partial charge is 0.257 e. The van der Waals surface area contributed by atoms with Crippen LogP contribution in [-0.4, -0.2) is 56.0 Å². The molecule has 1 aromatic carbocycles. The van der Waals surface area contributed by atoms with Gasteiger partial charge in [0.2, 0.25) is 0 Å². The zero-order chi connectivity index (χ0) is 18.7. The lowest BCUT2D eigenvalue weighted by molar-refractivity contribution is 0.211. The van der Waals surface area contributed by atoms with Gasteiger partial charge < -0.3 is 24.4 Å². The predicted molar refractivity (Wildman–Crippen MR) is 105 cm³/mol. The van der Waals surface area contributed by atoms with E-state index in [9.17, 15) is 0 Å². The number of rotatable bonds is 10. The molecule has 0 atom stereocenters. The number of nitrogens with one attached hydrogen (secondary N) is 1. The molecule has 27 heavy (non-hydrogen) atoms. The van der Waals surface area contributed by atoms with Gasteiger partial charge in [0.05, 0.1) is 6.61 Å². The van der Waals surface area contributed by atoms with Crippen molar-refractivity contribution in [3.05, 3.63) is 36.7 Å². The van der Waals surface area contributed by atoms with E-state index in [0.29, 0.717) is 19.1 Å². The summed E-state index contributed by atoms with van der Waals surface area (Å²) in [6.45, 7) is 7.43. The summed E-state index contributed by atoms with van der Waals surface area (Å²) in [7, 11) is 0. The average molecular weight is 372 g/mol. The van der Waals surface area contributed by atoms with Crippen molar-refractivity contribution >= 4 is 5.82 Å². The Kier molecular flexibility index (Phi) is 7.53. The largest absolute Gasteiger partial charge is 0.494 e. The SMILES string of the molecule is CCCCOc1ccc(OCCOc2nccnc2N2CCNCC2)cc1. The van der Waals surface area contributed by atoms with Gasteiger partial charge in [-0.05, 0) is 30.7 Å². The summed E-state index contributed by atoms with van der Waals surface area (Å²) < 4.78 is 17.2. The molecule has 0 amide bonds. The lowest BCUT2D eigenvalue weighted by atomic mass is 10.3. The molecule has 1 aliphatic heterocycles. The van der Waals surface area contributed by atoms with Gasteiger partial charge in [-0.1, -0.05) is 13.3 Å². The van der Waals surface area contributed by atoms with Gasteiger partial charge in [-0.3, -0.25) is 0 Å². The first kappa shape index (κ1) is 19.2. The quantitative estimate of drug-likeness (QED) is 0.643. The third-order valence-corrected chi connectivity index (χ3v) is 4.24. The first-order valence-electron chi connectivity index (χ1n) is 9.62. The summed E-state index contributed by atoms with van der Waals surface area (Å²) in [4.78, 5) is 11.0. The van der Waals surface area contributed by atoms with Crippen LogP contribution >= 0.6 is 0 Å². The molecule has 146 valence electrons. The molecule has 1 aromatic heterocycles. The molecule has 1 saturated heterocycles. The van der Waals surface area contributed by atoms with Crippen molar-refractivity contribution in [1.29, 1.82) is 0 Å². The van der Waals surface area contributed by atoms with Crippen LogP contribution < -0.4 is 24.4 Å². The molecule has 3 rings (SSSR count). The lowest BCUT2D eigenvalue weighted by Gasteiger charge is -2.28. The molecule has 0 radical (unpaired) electrons. The topological polar surface area (TPSA) is 68.7 Å². The standard InChI is InChI=1S/C20H28N4O3/c1-2-3-14-25-17-4-6-18(7-5-17)26-15-16-27-20-19(22-8-9-23-20)24-12-10-21-11-13-24/h4-9,21H,2-3,10-16H2,1H3. The Morgan fingerprint density at radius 2 is 1.52 bits per heavy atom. The van der Waals surface area contributed by atoms with Crippen LogP contribution in [0.4, 0.5) is 5.82 Å². The van der Waals surface area contributed by atoms with Gasteiger partial charge in [0.1, 0.15) is 24.7 Å². The number of nitrogens with zero attached hydrogens (tertiary/aromatic N) is 3. The molecule has 0 spiro atoms. The van der Waals surface area contributed by atoms with E-state index in [1.807, 2.05) is 24.3 Å². The molecule has 0 aliphatic carbocycles. The summed E-state index contributed by atoms with van der Waals surface area (Å²) in [6, 6.07) is 7.68. The number of unbranched alkanes of at least 4 members (excludes halogenated alkanes) is 1. The monoisotopic (exact) mass is 372 g/mol. The maximum atomic E-state index is 5.82. The Balaban J connectivity index is 1.44. The van der Waals surface area contributed by atoms with Crippen LogP contribution in [0.5, 0.6) is 17.4 Å². The molecule has 0 bridgehead atoms. The summed E-state index contributed by atoms with van der Waals surface area (Å²) in [5, 5.41) is 3.33. The molecule has 2 heterocycles. The molecule has 1 aliphatic rings. The van der Waals surface area contributed by atoms with Crippen molar-refractivity contribution in [2.24, 2.45) is 0 Å². The number of hydrogen-bond acceptors (Lipinski definition) is 7. The van der Waals surface area contributed by atoms with Crippen molar-refractivity contribution < 1.29 is 14.2 Å². The van der Waals surface area contributed by atoms with Crippen LogP contribution in [0.25, 0.3) is 0 Å². The Morgan fingerprint density at radius 1 is 0.889 bits per heavy atom. The van der Waals surface area contributed by atoms with Crippen molar-refractivity contribution in [2.45, 2.75) is 19.8 Å². The van der Waals surface area contributed by atoms with E-state index in [1.165, 1.54) is 0 Å². The highest BCUT2D eigenvalue weighted by molar-refractivity contribution is 5.48. The Labute approximate surface area is 160 Å². The predicted octanol–water partition coefficient (Wildman–Crippen LogP) is 2.52. The van der Waals surface area contributed by atoms with Crippen molar-refractivity contribution in [1.82, 2.24) is 15.3 Å². The first-order valence-corrected chi connectivity index (χ1v) is 9.62. The molecule has 7 heteroatoms. The van der Waals surface area contributed by atoms with E-state index in [1.54, 1.807) is 12.4 Å². The summed E-state index contributed by atoms with van der Waals surface area (Å²) >= 11 is 0. The molecular weight excluding hydrogens is 344 g/mol. The highest BCUT2D eigenvalue weighted by Gasteiger charge is 2.17. The van der Waals surface area contributed by atoms with Crippen LogP contribution in [0.1, 0.15) is 19.8 Å². The Morgan fingerprint density at radius 3 is 2.22 bits per heavy atom. The van der Waals surface area contributed by atoms with Gasteiger partial charge in [0.15, 0.2) is 5.82 Å². The van der Waals surface area contributed by atoms with Crippen molar-refractivity contribution in [3.63, 3.8) is 0 Å². The third kappa shape index (κ3) is 5.99. The number of ether oxygens (including phenoxy) is 3. The van der Waals surface area contributed by atoms with Gasteiger partial charge in [0.25, 0.3) is 5.88 Å².